The quantitative estimate of drug-likeness (QED) is 0.0819. The summed E-state index contributed by atoms with van der Waals surface area (Å²) in [5.41, 5.74) is 0. The van der Waals surface area contributed by atoms with Crippen LogP contribution in [0.4, 0.5) is 0 Å². The van der Waals surface area contributed by atoms with E-state index >= 15 is 0 Å². The van der Waals surface area contributed by atoms with Crippen LogP contribution in [0.25, 0.3) is 0 Å². The van der Waals surface area contributed by atoms with Gasteiger partial charge in [0.2, 0.25) is 0 Å². The first-order valence-corrected chi connectivity index (χ1v) is 17.6. The Kier molecular flexibility index (Phi) is 16.1. The number of rotatable bonds is 13. The first-order chi connectivity index (χ1) is 26.4. The summed E-state index contributed by atoms with van der Waals surface area (Å²) in [4.78, 5) is 0. The Labute approximate surface area is 316 Å². The third-order valence-corrected chi connectivity index (χ3v) is 10.2. The van der Waals surface area contributed by atoms with Crippen molar-refractivity contribution in [1.29, 1.82) is 0 Å². The second kappa shape index (κ2) is 19.6. The maximum absolute atomic E-state index is 10.6. The van der Waals surface area contributed by atoms with Crippen LogP contribution in [0.15, 0.2) is 0 Å². The van der Waals surface area contributed by atoms with Gasteiger partial charge < -0.3 is 129 Å². The Hall–Kier alpha value is -1.04. The molecule has 5 heterocycles. The molecule has 5 aliphatic rings. The monoisotopic (exact) mass is 828 g/mol. The van der Waals surface area contributed by atoms with E-state index in [4.69, 9.17) is 42.6 Å². The van der Waals surface area contributed by atoms with Crippen molar-refractivity contribution in [2.75, 3.05) is 33.0 Å². The lowest BCUT2D eigenvalue weighted by molar-refractivity contribution is -0.350. The van der Waals surface area contributed by atoms with Crippen molar-refractivity contribution in [2.24, 2.45) is 0 Å². The van der Waals surface area contributed by atoms with E-state index in [-0.39, 0.29) is 0 Å². The number of aliphatic hydroxyl groups excluding tert-OH is 17. The average molecular weight is 829 g/mol. The van der Waals surface area contributed by atoms with E-state index in [1.165, 1.54) is 0 Å². The highest BCUT2D eigenvalue weighted by Gasteiger charge is 2.51. The van der Waals surface area contributed by atoms with Gasteiger partial charge in [-0.1, -0.05) is 0 Å². The third kappa shape index (κ3) is 9.77. The van der Waals surface area contributed by atoms with Crippen molar-refractivity contribution in [3.63, 3.8) is 0 Å². The second-order valence-electron chi connectivity index (χ2n) is 14.1. The second-order valence-corrected chi connectivity index (χ2v) is 14.1. The summed E-state index contributed by atoms with van der Waals surface area (Å²) in [6.07, 6.45) is -44.0. The fourth-order valence-electron chi connectivity index (χ4n) is 6.61. The molecule has 0 spiro atoms. The number of hydrogen-bond acceptors (Lipinski definition) is 26. The molecule has 26 heteroatoms. The highest BCUT2D eigenvalue weighted by atomic mass is 16.8. The molecule has 5 rings (SSSR count). The molecule has 0 aromatic heterocycles. The molecule has 5 aliphatic heterocycles. The molecular formula is C30H52O26. The fourth-order valence-corrected chi connectivity index (χ4v) is 6.61. The molecule has 0 saturated carbocycles. The summed E-state index contributed by atoms with van der Waals surface area (Å²) in [5, 5.41) is 173. The van der Waals surface area contributed by atoms with Crippen molar-refractivity contribution in [1.82, 2.24) is 0 Å². The SMILES string of the molecule is OC[C@H]1O[C@H](OC[C@H]2O[C@H](OC[C@H]3O[C@H](OC[C@H]4O[C@H](OC[C@H]5OC(O)[C@H](O)[C@@H](O)[C@@H]5O)[C@H](O)[C@@H](O)[C@@H]4O)[C@H](O)[C@@H](O)[C@@H]3O)[C@H](O)[C@@H](O)[C@@H]2O)[C@H](O)[C@@H](O)[C@@H]1O. The van der Waals surface area contributed by atoms with Crippen molar-refractivity contribution >= 4 is 0 Å². The van der Waals surface area contributed by atoms with Gasteiger partial charge in [0.25, 0.3) is 0 Å². The van der Waals surface area contributed by atoms with Crippen molar-refractivity contribution in [3.8, 4) is 0 Å². The van der Waals surface area contributed by atoms with Gasteiger partial charge in [-0.15, -0.1) is 0 Å². The lowest BCUT2D eigenvalue weighted by Gasteiger charge is -2.44. The molecule has 56 heavy (non-hydrogen) atoms. The third-order valence-electron chi connectivity index (χ3n) is 10.2. The van der Waals surface area contributed by atoms with Crippen LogP contribution in [-0.2, 0) is 42.6 Å². The predicted molar refractivity (Wildman–Crippen MR) is 167 cm³/mol. The Morgan fingerprint density at radius 3 is 0.786 bits per heavy atom. The van der Waals surface area contributed by atoms with E-state index in [0.29, 0.717) is 0 Å². The van der Waals surface area contributed by atoms with Crippen molar-refractivity contribution in [3.05, 3.63) is 0 Å². The van der Waals surface area contributed by atoms with E-state index < -0.39 is 187 Å². The predicted octanol–water partition coefficient (Wildman–Crippen LogP) is -11.9. The fraction of sp³-hybridized carbons (Fsp3) is 1.00. The van der Waals surface area contributed by atoms with Gasteiger partial charge >= 0.3 is 0 Å². The largest absolute Gasteiger partial charge is 0.394 e. The maximum Gasteiger partial charge on any atom is 0.186 e. The van der Waals surface area contributed by atoms with Gasteiger partial charge in [0.1, 0.15) is 122 Å². The molecule has 25 atom stereocenters. The van der Waals surface area contributed by atoms with E-state index in [9.17, 15) is 86.8 Å². The zero-order valence-electron chi connectivity index (χ0n) is 29.2. The first-order valence-electron chi connectivity index (χ1n) is 17.6. The summed E-state index contributed by atoms with van der Waals surface area (Å²) in [6.45, 7) is -3.57. The van der Waals surface area contributed by atoms with E-state index in [1.54, 1.807) is 0 Å². The minimum absolute atomic E-state index is 0.669. The van der Waals surface area contributed by atoms with Crippen molar-refractivity contribution in [2.45, 2.75) is 154 Å². The van der Waals surface area contributed by atoms with Crippen LogP contribution in [0.5, 0.6) is 0 Å². The lowest BCUT2D eigenvalue weighted by atomic mass is 9.97. The lowest BCUT2D eigenvalue weighted by Crippen LogP contribution is -2.63. The van der Waals surface area contributed by atoms with Crippen molar-refractivity contribution < 1.29 is 129 Å². The summed E-state index contributed by atoms with van der Waals surface area (Å²) >= 11 is 0. The van der Waals surface area contributed by atoms with Crippen LogP contribution in [0.2, 0.25) is 0 Å². The Bertz CT molecular complexity index is 1210. The zero-order chi connectivity index (χ0) is 41.3. The van der Waals surface area contributed by atoms with Crippen LogP contribution in [0.1, 0.15) is 0 Å². The summed E-state index contributed by atoms with van der Waals surface area (Å²) < 4.78 is 48.5. The standard InChI is InChI=1S/C30H52O26/c31-1-6-11(32)17(38)22(43)27(53-6)49-3-8-13(34)19(40)24(45)29(55-8)51-5-10-15(36)20(41)25(46)30(56-10)50-4-9-14(35)18(39)23(44)28(54-9)48-2-7-12(33)16(37)21(42)26(47)52-7/h6-47H,1-5H2/t6-,7-,8-,9-,10-,11-,12-,13-,14-,15-,16+,17+,18+,19+,20+,21-,22-,23-,24-,25-,26?,27+,28+,29+,30+/m1/s1. The molecule has 0 bridgehead atoms. The van der Waals surface area contributed by atoms with E-state index in [0.717, 1.165) is 0 Å². The molecule has 328 valence electrons. The molecule has 0 aromatic rings. The van der Waals surface area contributed by atoms with Gasteiger partial charge in [0.15, 0.2) is 31.5 Å². The number of hydrogen-bond donors (Lipinski definition) is 17. The summed E-state index contributed by atoms with van der Waals surface area (Å²) in [5.74, 6) is 0. The van der Waals surface area contributed by atoms with Crippen LogP contribution < -0.4 is 0 Å². The molecule has 0 aliphatic carbocycles. The molecule has 0 amide bonds. The van der Waals surface area contributed by atoms with Gasteiger partial charge in [0, 0.05) is 0 Å². The molecular weight excluding hydrogens is 776 g/mol. The highest BCUT2D eigenvalue weighted by Crippen LogP contribution is 2.30. The summed E-state index contributed by atoms with van der Waals surface area (Å²) in [7, 11) is 0. The number of ether oxygens (including phenoxy) is 9. The first kappa shape index (κ1) is 46.0. The number of aliphatic hydroxyl groups is 17. The molecule has 0 radical (unpaired) electrons. The molecule has 17 N–H and O–H groups in total. The molecule has 26 nitrogen and oxygen atoms in total. The van der Waals surface area contributed by atoms with Crippen LogP contribution in [-0.4, -0.2) is 273 Å². The normalized spacial score (nSPS) is 53.2. The summed E-state index contributed by atoms with van der Waals surface area (Å²) in [6, 6.07) is 0. The zero-order valence-corrected chi connectivity index (χ0v) is 29.2. The van der Waals surface area contributed by atoms with Gasteiger partial charge in [0.05, 0.1) is 33.0 Å². The Balaban J connectivity index is 1.15. The van der Waals surface area contributed by atoms with Gasteiger partial charge in [-0.2, -0.15) is 0 Å². The molecule has 1 unspecified atom stereocenters. The highest BCUT2D eigenvalue weighted by molar-refractivity contribution is 4.95. The molecule has 5 fully saturated rings. The minimum Gasteiger partial charge on any atom is -0.394 e. The van der Waals surface area contributed by atoms with Gasteiger partial charge in [-0.3, -0.25) is 0 Å². The topological polar surface area (TPSA) is 427 Å². The van der Waals surface area contributed by atoms with E-state index in [1.807, 2.05) is 0 Å². The molecule has 0 aromatic carbocycles. The Morgan fingerprint density at radius 2 is 0.500 bits per heavy atom. The smallest absolute Gasteiger partial charge is 0.186 e. The van der Waals surface area contributed by atoms with Gasteiger partial charge in [-0.25, -0.2) is 0 Å². The Morgan fingerprint density at radius 1 is 0.268 bits per heavy atom. The van der Waals surface area contributed by atoms with Gasteiger partial charge in [-0.05, 0) is 0 Å². The van der Waals surface area contributed by atoms with Crippen LogP contribution in [0, 0.1) is 0 Å². The van der Waals surface area contributed by atoms with Crippen LogP contribution in [0.3, 0.4) is 0 Å². The average Bonchev–Trinajstić information content (AvgIpc) is 3.18. The maximum atomic E-state index is 10.6. The van der Waals surface area contributed by atoms with Crippen LogP contribution >= 0.6 is 0 Å². The minimum atomic E-state index is -1.96. The molecule has 5 saturated heterocycles. The van der Waals surface area contributed by atoms with E-state index in [2.05, 4.69) is 0 Å².